The van der Waals surface area contributed by atoms with Gasteiger partial charge in [0.05, 0.1) is 6.04 Å². The standard InChI is InChI=1S/C21H27FN4O2/c1-15-9-10-17(13-18(15)22)20(27)23-11-12-24-21(28)25-19(14-26(2)3)16-7-5-4-6-8-16/h4-10,13,19H,11-12,14H2,1-3H3,(H,23,27)(H2,24,25,28). The summed E-state index contributed by atoms with van der Waals surface area (Å²) in [5.41, 5.74) is 1.75. The van der Waals surface area contributed by atoms with E-state index in [2.05, 4.69) is 16.0 Å². The summed E-state index contributed by atoms with van der Waals surface area (Å²) in [4.78, 5) is 26.2. The molecule has 2 aromatic rings. The average molecular weight is 386 g/mol. The highest BCUT2D eigenvalue weighted by Gasteiger charge is 2.15. The summed E-state index contributed by atoms with van der Waals surface area (Å²) in [5.74, 6) is -0.797. The molecule has 0 aromatic heterocycles. The number of urea groups is 1. The van der Waals surface area contributed by atoms with Gasteiger partial charge in [0, 0.05) is 25.2 Å². The van der Waals surface area contributed by atoms with Crippen LogP contribution in [-0.2, 0) is 0 Å². The highest BCUT2D eigenvalue weighted by molar-refractivity contribution is 5.94. The molecule has 6 nitrogen and oxygen atoms in total. The monoisotopic (exact) mass is 386 g/mol. The summed E-state index contributed by atoms with van der Waals surface area (Å²) in [6.45, 7) is 2.80. The van der Waals surface area contributed by atoms with Gasteiger partial charge in [-0.2, -0.15) is 0 Å². The summed E-state index contributed by atoms with van der Waals surface area (Å²) in [7, 11) is 3.89. The number of nitrogens with zero attached hydrogens (tertiary/aromatic N) is 1. The number of likely N-dealkylation sites (N-methyl/N-ethyl adjacent to an activating group) is 1. The number of nitrogens with one attached hydrogen (secondary N) is 3. The van der Waals surface area contributed by atoms with Crippen molar-refractivity contribution < 1.29 is 14.0 Å². The van der Waals surface area contributed by atoms with Crippen LogP contribution < -0.4 is 16.0 Å². The van der Waals surface area contributed by atoms with Crippen LogP contribution in [-0.4, -0.2) is 50.6 Å². The maximum absolute atomic E-state index is 13.5. The number of aryl methyl sites for hydroxylation is 1. The molecule has 0 aliphatic carbocycles. The lowest BCUT2D eigenvalue weighted by Crippen LogP contribution is -2.43. The Morgan fingerprint density at radius 2 is 1.71 bits per heavy atom. The molecule has 0 fully saturated rings. The molecule has 0 radical (unpaired) electrons. The third kappa shape index (κ3) is 6.66. The van der Waals surface area contributed by atoms with E-state index in [0.29, 0.717) is 12.1 Å². The van der Waals surface area contributed by atoms with Crippen LogP contribution in [0.4, 0.5) is 9.18 Å². The Balaban J connectivity index is 1.79. The molecule has 0 bridgehead atoms. The largest absolute Gasteiger partial charge is 0.350 e. The van der Waals surface area contributed by atoms with Crippen molar-refractivity contribution in [2.24, 2.45) is 0 Å². The molecular formula is C21H27FN4O2. The Kier molecular flexibility index (Phi) is 7.95. The van der Waals surface area contributed by atoms with Crippen LogP contribution >= 0.6 is 0 Å². The van der Waals surface area contributed by atoms with Crippen molar-refractivity contribution in [2.75, 3.05) is 33.7 Å². The van der Waals surface area contributed by atoms with Gasteiger partial charge in [0.15, 0.2) is 0 Å². The maximum Gasteiger partial charge on any atom is 0.315 e. The lowest BCUT2D eigenvalue weighted by molar-refractivity contribution is 0.0953. The van der Waals surface area contributed by atoms with Crippen LogP contribution in [0.1, 0.15) is 27.5 Å². The lowest BCUT2D eigenvalue weighted by Gasteiger charge is -2.23. The SMILES string of the molecule is Cc1ccc(C(=O)NCCNC(=O)NC(CN(C)C)c2ccccc2)cc1F. The van der Waals surface area contributed by atoms with E-state index < -0.39 is 5.82 Å². The van der Waals surface area contributed by atoms with Crippen molar-refractivity contribution >= 4 is 11.9 Å². The predicted molar refractivity (Wildman–Crippen MR) is 108 cm³/mol. The zero-order chi connectivity index (χ0) is 20.5. The van der Waals surface area contributed by atoms with Crippen LogP contribution in [0.5, 0.6) is 0 Å². The number of carbonyl (C=O) groups is 2. The first-order valence-corrected chi connectivity index (χ1v) is 9.15. The van der Waals surface area contributed by atoms with Crippen molar-refractivity contribution in [3.05, 3.63) is 71.0 Å². The van der Waals surface area contributed by atoms with E-state index >= 15 is 0 Å². The number of benzene rings is 2. The van der Waals surface area contributed by atoms with Gasteiger partial charge >= 0.3 is 6.03 Å². The summed E-state index contributed by atoms with van der Waals surface area (Å²) in [6, 6.07) is 13.6. The number of amides is 3. The highest BCUT2D eigenvalue weighted by atomic mass is 19.1. The average Bonchev–Trinajstić information content (AvgIpc) is 2.67. The van der Waals surface area contributed by atoms with E-state index in [4.69, 9.17) is 0 Å². The van der Waals surface area contributed by atoms with Gasteiger partial charge in [-0.05, 0) is 44.3 Å². The quantitative estimate of drug-likeness (QED) is 0.610. The molecule has 0 aliphatic heterocycles. The first kappa shape index (κ1) is 21.4. The Hall–Kier alpha value is -2.93. The third-order valence-corrected chi connectivity index (χ3v) is 4.19. The Morgan fingerprint density at radius 1 is 1.04 bits per heavy atom. The van der Waals surface area contributed by atoms with E-state index in [0.717, 1.165) is 5.56 Å². The van der Waals surface area contributed by atoms with E-state index in [9.17, 15) is 14.0 Å². The fraction of sp³-hybridized carbons (Fsp3) is 0.333. The maximum atomic E-state index is 13.5. The van der Waals surface area contributed by atoms with Crippen LogP contribution in [0.3, 0.4) is 0 Å². The Morgan fingerprint density at radius 3 is 2.36 bits per heavy atom. The van der Waals surface area contributed by atoms with E-state index in [1.165, 1.54) is 6.07 Å². The minimum atomic E-state index is -0.419. The first-order valence-electron chi connectivity index (χ1n) is 9.15. The zero-order valence-electron chi connectivity index (χ0n) is 16.5. The Labute approximate surface area is 165 Å². The number of hydrogen-bond acceptors (Lipinski definition) is 3. The summed E-state index contributed by atoms with van der Waals surface area (Å²) in [6.07, 6.45) is 0. The van der Waals surface area contributed by atoms with Gasteiger partial charge in [0.1, 0.15) is 5.82 Å². The molecular weight excluding hydrogens is 359 g/mol. The molecule has 2 rings (SSSR count). The van der Waals surface area contributed by atoms with Gasteiger partial charge in [0.2, 0.25) is 0 Å². The molecule has 0 saturated heterocycles. The van der Waals surface area contributed by atoms with Crippen LogP contribution in [0, 0.1) is 12.7 Å². The van der Waals surface area contributed by atoms with Gasteiger partial charge in [-0.25, -0.2) is 9.18 Å². The fourth-order valence-corrected chi connectivity index (χ4v) is 2.68. The molecule has 2 aromatic carbocycles. The van der Waals surface area contributed by atoms with Crippen molar-refractivity contribution in [3.63, 3.8) is 0 Å². The number of rotatable bonds is 8. The highest BCUT2D eigenvalue weighted by Crippen LogP contribution is 2.13. The molecule has 0 aliphatic rings. The topological polar surface area (TPSA) is 73.5 Å². The van der Waals surface area contributed by atoms with Crippen molar-refractivity contribution in [3.8, 4) is 0 Å². The van der Waals surface area contributed by atoms with Crippen LogP contribution in [0.25, 0.3) is 0 Å². The molecule has 0 spiro atoms. The zero-order valence-corrected chi connectivity index (χ0v) is 16.5. The molecule has 0 saturated carbocycles. The predicted octanol–water partition coefficient (Wildman–Crippen LogP) is 2.47. The first-order chi connectivity index (χ1) is 13.4. The normalized spacial score (nSPS) is 11.8. The van der Waals surface area contributed by atoms with Gasteiger partial charge in [-0.3, -0.25) is 4.79 Å². The second-order valence-corrected chi connectivity index (χ2v) is 6.85. The third-order valence-electron chi connectivity index (χ3n) is 4.19. The second-order valence-electron chi connectivity index (χ2n) is 6.85. The minimum Gasteiger partial charge on any atom is -0.350 e. The number of carbonyl (C=O) groups excluding carboxylic acids is 2. The van der Waals surface area contributed by atoms with Crippen LogP contribution in [0.2, 0.25) is 0 Å². The molecule has 7 heteroatoms. The summed E-state index contributed by atoms with van der Waals surface area (Å²) >= 11 is 0. The van der Waals surface area contributed by atoms with Gasteiger partial charge in [-0.1, -0.05) is 36.4 Å². The summed E-state index contributed by atoms with van der Waals surface area (Å²) < 4.78 is 13.5. The van der Waals surface area contributed by atoms with Crippen molar-refractivity contribution in [2.45, 2.75) is 13.0 Å². The smallest absolute Gasteiger partial charge is 0.315 e. The molecule has 3 N–H and O–H groups in total. The molecule has 1 unspecified atom stereocenters. The van der Waals surface area contributed by atoms with Crippen molar-refractivity contribution in [1.29, 1.82) is 0 Å². The fourth-order valence-electron chi connectivity index (χ4n) is 2.68. The lowest BCUT2D eigenvalue weighted by atomic mass is 10.1. The van der Waals surface area contributed by atoms with E-state index in [-0.39, 0.29) is 36.6 Å². The molecule has 0 heterocycles. The Bertz CT molecular complexity index is 796. The molecule has 3 amide bonds. The van der Waals surface area contributed by atoms with Crippen molar-refractivity contribution in [1.82, 2.24) is 20.9 Å². The molecule has 28 heavy (non-hydrogen) atoms. The van der Waals surface area contributed by atoms with Crippen LogP contribution in [0.15, 0.2) is 48.5 Å². The minimum absolute atomic E-state index is 0.152. The molecule has 150 valence electrons. The summed E-state index contributed by atoms with van der Waals surface area (Å²) in [5, 5.41) is 8.33. The van der Waals surface area contributed by atoms with Gasteiger partial charge in [0.25, 0.3) is 5.91 Å². The van der Waals surface area contributed by atoms with Gasteiger partial charge < -0.3 is 20.9 Å². The van der Waals surface area contributed by atoms with E-state index in [1.807, 2.05) is 49.3 Å². The second kappa shape index (κ2) is 10.4. The van der Waals surface area contributed by atoms with Gasteiger partial charge in [-0.15, -0.1) is 0 Å². The number of halogens is 1. The number of hydrogen-bond donors (Lipinski definition) is 3. The molecule has 1 atom stereocenters. The van der Waals surface area contributed by atoms with E-state index in [1.54, 1.807) is 19.1 Å².